The monoisotopic (exact) mass is 282 g/mol. The summed E-state index contributed by atoms with van der Waals surface area (Å²) in [6.07, 6.45) is 2.28. The van der Waals surface area contributed by atoms with Crippen LogP contribution in [0.1, 0.15) is 29.2 Å². The predicted molar refractivity (Wildman–Crippen MR) is 90.4 cm³/mol. The van der Waals surface area contributed by atoms with Crippen molar-refractivity contribution >= 4 is 0 Å². The van der Waals surface area contributed by atoms with E-state index in [1.54, 1.807) is 0 Å². The maximum Gasteiger partial charge on any atom is 0.0467 e. The number of nitrogens with two attached hydrogens (primary N) is 1. The summed E-state index contributed by atoms with van der Waals surface area (Å²) >= 11 is 0. The molecule has 1 unspecified atom stereocenters. The third-order valence-corrected chi connectivity index (χ3v) is 4.00. The molecular weight excluding hydrogens is 256 g/mol. The Morgan fingerprint density at radius 2 is 1.81 bits per heavy atom. The first-order chi connectivity index (χ1) is 10.2. The summed E-state index contributed by atoms with van der Waals surface area (Å²) < 4.78 is 0. The van der Waals surface area contributed by atoms with Gasteiger partial charge in [0, 0.05) is 12.6 Å². The highest BCUT2D eigenvalue weighted by Crippen LogP contribution is 2.19. The van der Waals surface area contributed by atoms with Crippen LogP contribution in [0.3, 0.4) is 0 Å². The third-order valence-electron chi connectivity index (χ3n) is 4.00. The lowest BCUT2D eigenvalue weighted by Crippen LogP contribution is -2.31. The number of aryl methyl sites for hydroxylation is 2. The second kappa shape index (κ2) is 7.96. The predicted octanol–water partition coefficient (Wildman–Crippen LogP) is 3.56. The maximum absolute atomic E-state index is 6.00. The average Bonchev–Trinajstić information content (AvgIpc) is 2.49. The van der Waals surface area contributed by atoms with Gasteiger partial charge in [-0.05, 0) is 44.5 Å². The molecule has 112 valence electrons. The zero-order chi connectivity index (χ0) is 15.1. The highest BCUT2D eigenvalue weighted by Gasteiger charge is 2.14. The van der Waals surface area contributed by atoms with E-state index in [4.69, 9.17) is 5.73 Å². The van der Waals surface area contributed by atoms with Gasteiger partial charge in [0.2, 0.25) is 0 Å². The first-order valence-corrected chi connectivity index (χ1v) is 7.71. The van der Waals surface area contributed by atoms with Crippen LogP contribution in [0.2, 0.25) is 0 Å². The SMILES string of the molecule is Cc1cccc(C(CN)N(C)CCCc2ccccc2)c1. The Labute approximate surface area is 128 Å². The molecule has 2 aromatic carbocycles. The molecule has 2 heteroatoms. The first kappa shape index (κ1) is 15.7. The van der Waals surface area contributed by atoms with Crippen LogP contribution in [0, 0.1) is 6.92 Å². The van der Waals surface area contributed by atoms with Gasteiger partial charge in [-0.2, -0.15) is 0 Å². The van der Waals surface area contributed by atoms with E-state index in [1.165, 1.54) is 16.7 Å². The molecule has 0 fully saturated rings. The van der Waals surface area contributed by atoms with E-state index in [1.807, 2.05) is 0 Å². The molecule has 0 aliphatic heterocycles. The first-order valence-electron chi connectivity index (χ1n) is 7.71. The molecule has 2 nitrogen and oxygen atoms in total. The van der Waals surface area contributed by atoms with E-state index in [2.05, 4.69) is 73.5 Å². The summed E-state index contributed by atoms with van der Waals surface area (Å²) in [7, 11) is 2.17. The third kappa shape index (κ3) is 4.69. The Kier molecular flexibility index (Phi) is 5.97. The van der Waals surface area contributed by atoms with Crippen molar-refractivity contribution in [2.75, 3.05) is 20.1 Å². The van der Waals surface area contributed by atoms with Gasteiger partial charge in [0.1, 0.15) is 0 Å². The normalized spacial score (nSPS) is 12.6. The molecule has 0 heterocycles. The lowest BCUT2D eigenvalue weighted by Gasteiger charge is -2.27. The Morgan fingerprint density at radius 1 is 1.05 bits per heavy atom. The molecule has 0 bridgehead atoms. The Balaban J connectivity index is 1.90. The number of rotatable bonds is 7. The van der Waals surface area contributed by atoms with E-state index < -0.39 is 0 Å². The van der Waals surface area contributed by atoms with Crippen molar-refractivity contribution < 1.29 is 0 Å². The standard InChI is InChI=1S/C19H26N2/c1-16-8-6-12-18(14-16)19(15-20)21(2)13-7-11-17-9-4-3-5-10-17/h3-6,8-10,12,14,19H,7,11,13,15,20H2,1-2H3. The van der Waals surface area contributed by atoms with Gasteiger partial charge in [0.15, 0.2) is 0 Å². The Bertz CT molecular complexity index is 536. The van der Waals surface area contributed by atoms with Crippen molar-refractivity contribution in [2.45, 2.75) is 25.8 Å². The van der Waals surface area contributed by atoms with E-state index in [-0.39, 0.29) is 0 Å². The summed E-state index contributed by atoms with van der Waals surface area (Å²) in [5.74, 6) is 0. The van der Waals surface area contributed by atoms with Gasteiger partial charge < -0.3 is 5.73 Å². The van der Waals surface area contributed by atoms with E-state index in [0.717, 1.165) is 19.4 Å². The number of likely N-dealkylation sites (N-methyl/N-ethyl adjacent to an activating group) is 1. The molecule has 0 radical (unpaired) electrons. The summed E-state index contributed by atoms with van der Waals surface area (Å²) in [5.41, 5.74) is 10.0. The molecule has 0 spiro atoms. The Hall–Kier alpha value is -1.64. The molecule has 2 N–H and O–H groups in total. The summed E-state index contributed by atoms with van der Waals surface area (Å²) in [6, 6.07) is 19.6. The lowest BCUT2D eigenvalue weighted by atomic mass is 10.0. The van der Waals surface area contributed by atoms with Crippen molar-refractivity contribution in [1.82, 2.24) is 4.90 Å². The van der Waals surface area contributed by atoms with Crippen molar-refractivity contribution in [3.05, 3.63) is 71.3 Å². The molecule has 2 rings (SSSR count). The number of hydrogen-bond acceptors (Lipinski definition) is 2. The fraction of sp³-hybridized carbons (Fsp3) is 0.368. The van der Waals surface area contributed by atoms with E-state index in [9.17, 15) is 0 Å². The fourth-order valence-corrected chi connectivity index (χ4v) is 2.78. The average molecular weight is 282 g/mol. The number of nitrogens with zero attached hydrogens (tertiary/aromatic N) is 1. The smallest absolute Gasteiger partial charge is 0.0467 e. The van der Waals surface area contributed by atoms with Gasteiger partial charge in [0.25, 0.3) is 0 Å². The zero-order valence-electron chi connectivity index (χ0n) is 13.1. The van der Waals surface area contributed by atoms with Crippen LogP contribution in [0.25, 0.3) is 0 Å². The quantitative estimate of drug-likeness (QED) is 0.841. The molecule has 2 aromatic rings. The molecule has 0 aliphatic rings. The second-order valence-electron chi connectivity index (χ2n) is 5.74. The van der Waals surface area contributed by atoms with Crippen LogP contribution in [0.15, 0.2) is 54.6 Å². The second-order valence-corrected chi connectivity index (χ2v) is 5.74. The van der Waals surface area contributed by atoms with Crippen LogP contribution in [-0.2, 0) is 6.42 Å². The van der Waals surface area contributed by atoms with Gasteiger partial charge in [0.05, 0.1) is 0 Å². The van der Waals surface area contributed by atoms with Crippen molar-refractivity contribution in [2.24, 2.45) is 5.73 Å². The fourth-order valence-electron chi connectivity index (χ4n) is 2.78. The molecule has 0 aromatic heterocycles. The lowest BCUT2D eigenvalue weighted by molar-refractivity contribution is 0.247. The molecule has 0 saturated heterocycles. The van der Waals surface area contributed by atoms with Gasteiger partial charge in [-0.25, -0.2) is 0 Å². The summed E-state index contributed by atoms with van der Waals surface area (Å²) in [5, 5.41) is 0. The minimum Gasteiger partial charge on any atom is -0.329 e. The highest BCUT2D eigenvalue weighted by molar-refractivity contribution is 5.25. The molecule has 21 heavy (non-hydrogen) atoms. The molecule has 0 amide bonds. The van der Waals surface area contributed by atoms with Crippen molar-refractivity contribution in [1.29, 1.82) is 0 Å². The minimum absolute atomic E-state index is 0.306. The summed E-state index contributed by atoms with van der Waals surface area (Å²) in [6.45, 7) is 3.85. The van der Waals surface area contributed by atoms with Crippen LogP contribution in [0.4, 0.5) is 0 Å². The van der Waals surface area contributed by atoms with Gasteiger partial charge in [-0.1, -0.05) is 60.2 Å². The molecule has 1 atom stereocenters. The topological polar surface area (TPSA) is 29.3 Å². The molecule has 0 aliphatic carbocycles. The minimum atomic E-state index is 0.306. The maximum atomic E-state index is 6.00. The van der Waals surface area contributed by atoms with Crippen molar-refractivity contribution in [3.63, 3.8) is 0 Å². The van der Waals surface area contributed by atoms with Crippen LogP contribution < -0.4 is 5.73 Å². The largest absolute Gasteiger partial charge is 0.329 e. The van der Waals surface area contributed by atoms with E-state index >= 15 is 0 Å². The Morgan fingerprint density at radius 3 is 2.48 bits per heavy atom. The van der Waals surface area contributed by atoms with Crippen molar-refractivity contribution in [3.8, 4) is 0 Å². The van der Waals surface area contributed by atoms with Crippen LogP contribution >= 0.6 is 0 Å². The summed E-state index contributed by atoms with van der Waals surface area (Å²) in [4.78, 5) is 2.37. The van der Waals surface area contributed by atoms with Gasteiger partial charge in [-0.3, -0.25) is 4.90 Å². The zero-order valence-corrected chi connectivity index (χ0v) is 13.1. The molecular formula is C19H26N2. The number of hydrogen-bond donors (Lipinski definition) is 1. The van der Waals surface area contributed by atoms with Crippen LogP contribution in [0.5, 0.6) is 0 Å². The van der Waals surface area contributed by atoms with E-state index in [0.29, 0.717) is 12.6 Å². The van der Waals surface area contributed by atoms with Gasteiger partial charge >= 0.3 is 0 Å². The van der Waals surface area contributed by atoms with Crippen LogP contribution in [-0.4, -0.2) is 25.0 Å². The highest BCUT2D eigenvalue weighted by atomic mass is 15.1. The number of benzene rings is 2. The molecule has 0 saturated carbocycles. The van der Waals surface area contributed by atoms with Gasteiger partial charge in [-0.15, -0.1) is 0 Å².